The van der Waals surface area contributed by atoms with Gasteiger partial charge in [0.2, 0.25) is 0 Å². The van der Waals surface area contributed by atoms with Crippen LogP contribution in [-0.2, 0) is 6.42 Å². The van der Waals surface area contributed by atoms with Gasteiger partial charge in [0.25, 0.3) is 0 Å². The monoisotopic (exact) mass is 384 g/mol. The van der Waals surface area contributed by atoms with Gasteiger partial charge in [0, 0.05) is 40.5 Å². The van der Waals surface area contributed by atoms with Crippen molar-refractivity contribution in [1.82, 2.24) is 19.9 Å². The van der Waals surface area contributed by atoms with Crippen molar-refractivity contribution in [2.45, 2.75) is 45.9 Å². The summed E-state index contributed by atoms with van der Waals surface area (Å²) in [5.74, 6) is 1.64. The van der Waals surface area contributed by atoms with Gasteiger partial charge < -0.3 is 5.11 Å². The zero-order valence-electron chi connectivity index (χ0n) is 16.1. The van der Waals surface area contributed by atoms with E-state index >= 15 is 0 Å². The highest BCUT2D eigenvalue weighted by atomic mass is 35.5. The van der Waals surface area contributed by atoms with Crippen molar-refractivity contribution in [1.29, 1.82) is 0 Å². The molecule has 0 radical (unpaired) electrons. The van der Waals surface area contributed by atoms with E-state index in [0.717, 1.165) is 34.9 Å². The molecular formula is C21H25ClN4O. The van der Waals surface area contributed by atoms with Gasteiger partial charge in [0.05, 0.1) is 5.69 Å². The third-order valence-corrected chi connectivity index (χ3v) is 4.39. The fraction of sp³-hybridized carbons (Fsp3) is 0.333. The highest BCUT2D eigenvalue weighted by molar-refractivity contribution is 6.30. The lowest BCUT2D eigenvalue weighted by Gasteiger charge is -2.26. The highest BCUT2D eigenvalue weighted by Gasteiger charge is 2.19. The van der Waals surface area contributed by atoms with Gasteiger partial charge >= 0.3 is 0 Å². The molecule has 1 aromatic carbocycles. The van der Waals surface area contributed by atoms with Crippen molar-refractivity contribution in [2.24, 2.45) is 0 Å². The Labute approximate surface area is 165 Å². The maximum atomic E-state index is 10.7. The number of aryl methyl sites for hydroxylation is 1. The molecule has 142 valence electrons. The first-order valence-electron chi connectivity index (χ1n) is 9.03. The molecule has 0 aliphatic carbocycles. The third-order valence-electron chi connectivity index (χ3n) is 4.14. The summed E-state index contributed by atoms with van der Waals surface area (Å²) in [6, 6.07) is 11.3. The fourth-order valence-electron chi connectivity index (χ4n) is 2.88. The topological polar surface area (TPSA) is 63.0 Å². The Bertz CT molecular complexity index is 913. The van der Waals surface area contributed by atoms with Gasteiger partial charge in [-0.2, -0.15) is 0 Å². The van der Waals surface area contributed by atoms with Gasteiger partial charge in [-0.25, -0.2) is 9.97 Å². The van der Waals surface area contributed by atoms with Crippen LogP contribution in [0.2, 0.25) is 5.02 Å². The first-order chi connectivity index (χ1) is 12.8. The maximum Gasteiger partial charge on any atom is 0.139 e. The maximum absolute atomic E-state index is 10.7. The quantitative estimate of drug-likeness (QED) is 0.634. The van der Waals surface area contributed by atoms with Crippen LogP contribution in [0.25, 0.3) is 17.1 Å². The second-order valence-corrected chi connectivity index (χ2v) is 7.95. The van der Waals surface area contributed by atoms with E-state index in [1.807, 2.05) is 67.9 Å². The molecule has 3 aromatic rings. The number of nitrogens with zero attached hydrogens (tertiary/aromatic N) is 3. The Balaban J connectivity index is 2.11. The summed E-state index contributed by atoms with van der Waals surface area (Å²) in [5.41, 5.74) is 2.22. The molecule has 0 saturated carbocycles. The minimum absolute atomic E-state index is 0.229. The number of nitrogens with one attached hydrogen (secondary N) is 1. The molecule has 1 atom stereocenters. The van der Waals surface area contributed by atoms with Crippen LogP contribution in [0, 0.1) is 0 Å². The van der Waals surface area contributed by atoms with Gasteiger partial charge in [0.1, 0.15) is 17.9 Å². The summed E-state index contributed by atoms with van der Waals surface area (Å²) in [5, 5.41) is 14.6. The molecule has 3 rings (SSSR count). The number of hydrogen-bond acceptors (Lipinski definition) is 4. The van der Waals surface area contributed by atoms with Crippen LogP contribution in [-0.4, -0.2) is 25.2 Å². The molecule has 0 spiro atoms. The SMILES string of the molecule is CCc1nccn1-c1cc(C(O)NC(C)(C)C)cc(-c2ccc(Cl)cc2)n1. The first kappa shape index (κ1) is 19.5. The molecule has 1 unspecified atom stereocenters. The van der Waals surface area contributed by atoms with Crippen LogP contribution in [0.3, 0.4) is 0 Å². The molecule has 0 bridgehead atoms. The molecule has 0 saturated heterocycles. The predicted molar refractivity (Wildman–Crippen MR) is 109 cm³/mol. The molecule has 5 nitrogen and oxygen atoms in total. The molecule has 0 amide bonds. The lowest BCUT2D eigenvalue weighted by Crippen LogP contribution is -2.38. The van der Waals surface area contributed by atoms with Crippen molar-refractivity contribution >= 4 is 11.6 Å². The Morgan fingerprint density at radius 3 is 2.52 bits per heavy atom. The summed E-state index contributed by atoms with van der Waals surface area (Å²) in [6.45, 7) is 8.11. The lowest BCUT2D eigenvalue weighted by molar-refractivity contribution is 0.107. The number of aromatic nitrogens is 3. The molecule has 0 aliphatic rings. The molecule has 27 heavy (non-hydrogen) atoms. The van der Waals surface area contributed by atoms with Crippen molar-refractivity contribution < 1.29 is 5.11 Å². The van der Waals surface area contributed by atoms with E-state index in [9.17, 15) is 5.11 Å². The Kier molecular flexibility index (Phi) is 5.65. The largest absolute Gasteiger partial charge is 0.374 e. The van der Waals surface area contributed by atoms with E-state index in [1.54, 1.807) is 6.20 Å². The molecule has 2 heterocycles. The number of halogens is 1. The van der Waals surface area contributed by atoms with Crippen LogP contribution < -0.4 is 5.32 Å². The number of benzene rings is 1. The molecule has 2 N–H and O–H groups in total. The standard InChI is InChI=1S/C21H25ClN4O/c1-5-18-23-10-11-26(18)19-13-15(20(27)25-21(2,3)4)12-17(24-19)14-6-8-16(22)9-7-14/h6-13,20,25,27H,5H2,1-4H3. The second-order valence-electron chi connectivity index (χ2n) is 7.51. The van der Waals surface area contributed by atoms with Gasteiger partial charge in [-0.15, -0.1) is 0 Å². The van der Waals surface area contributed by atoms with E-state index in [4.69, 9.17) is 16.6 Å². The van der Waals surface area contributed by atoms with Gasteiger partial charge in [-0.3, -0.25) is 9.88 Å². The van der Waals surface area contributed by atoms with Crippen LogP contribution in [0.4, 0.5) is 0 Å². The third kappa shape index (κ3) is 4.75. The summed E-state index contributed by atoms with van der Waals surface area (Å²) in [7, 11) is 0. The number of hydrogen-bond donors (Lipinski definition) is 2. The number of aliphatic hydroxyl groups excluding tert-OH is 1. The van der Waals surface area contributed by atoms with E-state index in [0.29, 0.717) is 5.02 Å². The van der Waals surface area contributed by atoms with Gasteiger partial charge in [-0.1, -0.05) is 30.7 Å². The van der Waals surface area contributed by atoms with Gasteiger partial charge in [0.15, 0.2) is 0 Å². The molecular weight excluding hydrogens is 360 g/mol. The number of pyridine rings is 1. The zero-order chi connectivity index (χ0) is 19.6. The smallest absolute Gasteiger partial charge is 0.139 e. The normalized spacial score (nSPS) is 13.0. The molecule has 6 heteroatoms. The Morgan fingerprint density at radius 1 is 1.19 bits per heavy atom. The number of rotatable bonds is 5. The summed E-state index contributed by atoms with van der Waals surface area (Å²) < 4.78 is 1.95. The van der Waals surface area contributed by atoms with E-state index in [-0.39, 0.29) is 5.54 Å². The zero-order valence-corrected chi connectivity index (χ0v) is 16.8. The van der Waals surface area contributed by atoms with Gasteiger partial charge in [-0.05, 0) is 45.0 Å². The van der Waals surface area contributed by atoms with Crippen molar-refractivity contribution in [3.63, 3.8) is 0 Å². The van der Waals surface area contributed by atoms with Crippen LogP contribution in [0.1, 0.15) is 45.3 Å². The fourth-order valence-corrected chi connectivity index (χ4v) is 3.01. The summed E-state index contributed by atoms with van der Waals surface area (Å²) in [6.07, 6.45) is 3.63. The highest BCUT2D eigenvalue weighted by Crippen LogP contribution is 2.26. The second kappa shape index (κ2) is 7.80. The molecule has 2 aromatic heterocycles. The molecule has 0 fully saturated rings. The lowest BCUT2D eigenvalue weighted by atomic mass is 10.1. The summed E-state index contributed by atoms with van der Waals surface area (Å²) in [4.78, 5) is 9.19. The van der Waals surface area contributed by atoms with E-state index < -0.39 is 6.23 Å². The Morgan fingerprint density at radius 2 is 1.89 bits per heavy atom. The van der Waals surface area contributed by atoms with Crippen LogP contribution in [0.5, 0.6) is 0 Å². The van der Waals surface area contributed by atoms with Crippen molar-refractivity contribution in [3.05, 3.63) is 65.2 Å². The molecule has 0 aliphatic heterocycles. The van der Waals surface area contributed by atoms with E-state index in [1.165, 1.54) is 0 Å². The minimum Gasteiger partial charge on any atom is -0.374 e. The van der Waals surface area contributed by atoms with E-state index in [2.05, 4.69) is 17.2 Å². The first-order valence-corrected chi connectivity index (χ1v) is 9.41. The van der Waals surface area contributed by atoms with Crippen LogP contribution >= 0.6 is 11.6 Å². The van der Waals surface area contributed by atoms with Crippen molar-refractivity contribution in [3.8, 4) is 17.1 Å². The average Bonchev–Trinajstić information content (AvgIpc) is 3.09. The number of aliphatic hydroxyl groups is 1. The predicted octanol–water partition coefficient (Wildman–Crippen LogP) is 4.53. The average molecular weight is 385 g/mol. The van der Waals surface area contributed by atoms with Crippen molar-refractivity contribution in [2.75, 3.05) is 0 Å². The van der Waals surface area contributed by atoms with Crippen LogP contribution in [0.15, 0.2) is 48.8 Å². The number of imidazole rings is 1. The Hall–Kier alpha value is -2.21. The minimum atomic E-state index is -0.814. The summed E-state index contributed by atoms with van der Waals surface area (Å²) >= 11 is 6.02.